The number of benzene rings is 1. The van der Waals surface area contributed by atoms with Crippen molar-refractivity contribution >= 4 is 22.0 Å². The van der Waals surface area contributed by atoms with Crippen molar-refractivity contribution in [1.29, 1.82) is 0 Å². The summed E-state index contributed by atoms with van der Waals surface area (Å²) in [5.74, 6) is -1.89. The Morgan fingerprint density at radius 2 is 1.95 bits per heavy atom. The maximum Gasteiger partial charge on any atom is 0.337 e. The number of nitrogens with zero attached hydrogens (tertiary/aromatic N) is 1. The summed E-state index contributed by atoms with van der Waals surface area (Å²) in [5.41, 5.74) is 0.526. The molecule has 0 amide bonds. The zero-order valence-corrected chi connectivity index (χ0v) is 13.5. The van der Waals surface area contributed by atoms with E-state index in [9.17, 15) is 18.0 Å². The fourth-order valence-corrected chi connectivity index (χ4v) is 3.68. The van der Waals surface area contributed by atoms with Crippen LogP contribution >= 0.6 is 0 Å². The standard InChI is InChI=1S/C14H19NO6S/c1-4-7-15(9-13(16)17)22(19,20)12-8-11(14(18)21-3)6-5-10(12)2/h5-6,8H,4,7,9H2,1-3H3,(H,16,17). The first-order valence-electron chi connectivity index (χ1n) is 6.65. The van der Waals surface area contributed by atoms with E-state index in [0.29, 0.717) is 12.0 Å². The Morgan fingerprint density at radius 3 is 2.45 bits per heavy atom. The molecule has 1 rings (SSSR count). The first-order valence-corrected chi connectivity index (χ1v) is 8.09. The quantitative estimate of drug-likeness (QED) is 0.756. The number of carboxylic acids is 1. The molecule has 0 bridgehead atoms. The summed E-state index contributed by atoms with van der Waals surface area (Å²) in [7, 11) is -2.81. The fraction of sp³-hybridized carbons (Fsp3) is 0.429. The maximum atomic E-state index is 12.7. The number of aryl methyl sites for hydroxylation is 1. The molecule has 0 aliphatic heterocycles. The number of carbonyl (C=O) groups is 2. The van der Waals surface area contributed by atoms with Gasteiger partial charge in [0.25, 0.3) is 0 Å². The van der Waals surface area contributed by atoms with E-state index in [4.69, 9.17) is 5.11 Å². The van der Waals surface area contributed by atoms with Gasteiger partial charge in [0, 0.05) is 6.54 Å². The van der Waals surface area contributed by atoms with Gasteiger partial charge in [-0.1, -0.05) is 13.0 Å². The average Bonchev–Trinajstić information content (AvgIpc) is 2.45. The van der Waals surface area contributed by atoms with Crippen LogP contribution in [-0.4, -0.2) is 50.0 Å². The summed E-state index contributed by atoms with van der Waals surface area (Å²) in [6.45, 7) is 2.79. The van der Waals surface area contributed by atoms with Crippen LogP contribution in [0.25, 0.3) is 0 Å². The molecule has 122 valence electrons. The van der Waals surface area contributed by atoms with Gasteiger partial charge in [-0.25, -0.2) is 13.2 Å². The van der Waals surface area contributed by atoms with Crippen LogP contribution in [0.15, 0.2) is 23.1 Å². The van der Waals surface area contributed by atoms with Crippen molar-refractivity contribution in [2.24, 2.45) is 0 Å². The highest BCUT2D eigenvalue weighted by Crippen LogP contribution is 2.22. The molecule has 0 unspecified atom stereocenters. The Hall–Kier alpha value is -1.93. The highest BCUT2D eigenvalue weighted by atomic mass is 32.2. The number of sulfonamides is 1. The first kappa shape index (κ1) is 18.1. The van der Waals surface area contributed by atoms with Gasteiger partial charge in [0.05, 0.1) is 17.6 Å². The van der Waals surface area contributed by atoms with E-state index in [1.54, 1.807) is 13.8 Å². The summed E-state index contributed by atoms with van der Waals surface area (Å²) in [6.07, 6.45) is 0.474. The highest BCUT2D eigenvalue weighted by molar-refractivity contribution is 7.89. The van der Waals surface area contributed by atoms with Crippen molar-refractivity contribution in [3.05, 3.63) is 29.3 Å². The van der Waals surface area contributed by atoms with Crippen LogP contribution in [0, 0.1) is 6.92 Å². The molecule has 0 saturated heterocycles. The third kappa shape index (κ3) is 4.05. The summed E-state index contributed by atoms with van der Waals surface area (Å²) in [4.78, 5) is 22.3. The zero-order chi connectivity index (χ0) is 16.9. The second kappa shape index (κ2) is 7.37. The molecular weight excluding hydrogens is 310 g/mol. The zero-order valence-electron chi connectivity index (χ0n) is 12.7. The number of hydrogen-bond acceptors (Lipinski definition) is 5. The van der Waals surface area contributed by atoms with Gasteiger partial charge in [-0.2, -0.15) is 4.31 Å². The summed E-state index contributed by atoms with van der Waals surface area (Å²) in [5, 5.41) is 8.89. The van der Waals surface area contributed by atoms with Crippen LogP contribution in [0.5, 0.6) is 0 Å². The van der Waals surface area contributed by atoms with Gasteiger partial charge in [0.2, 0.25) is 10.0 Å². The molecule has 1 aromatic carbocycles. The van der Waals surface area contributed by atoms with E-state index in [-0.39, 0.29) is 17.0 Å². The van der Waals surface area contributed by atoms with Crippen LogP contribution in [-0.2, 0) is 19.6 Å². The summed E-state index contributed by atoms with van der Waals surface area (Å²) in [6, 6.07) is 4.16. The van der Waals surface area contributed by atoms with E-state index < -0.39 is 28.5 Å². The minimum atomic E-state index is -4.01. The molecule has 8 heteroatoms. The molecule has 7 nitrogen and oxygen atoms in total. The lowest BCUT2D eigenvalue weighted by atomic mass is 10.1. The number of rotatable bonds is 7. The lowest BCUT2D eigenvalue weighted by molar-refractivity contribution is -0.137. The molecule has 1 N–H and O–H groups in total. The second-order valence-corrected chi connectivity index (χ2v) is 6.61. The molecule has 0 atom stereocenters. The molecule has 0 radical (unpaired) electrons. The van der Waals surface area contributed by atoms with Crippen LogP contribution in [0.2, 0.25) is 0 Å². The van der Waals surface area contributed by atoms with E-state index in [1.807, 2.05) is 0 Å². The van der Waals surface area contributed by atoms with Gasteiger partial charge >= 0.3 is 11.9 Å². The van der Waals surface area contributed by atoms with Crippen LogP contribution in [0.4, 0.5) is 0 Å². The lowest BCUT2D eigenvalue weighted by Gasteiger charge is -2.21. The molecular formula is C14H19NO6S. The molecule has 22 heavy (non-hydrogen) atoms. The van der Waals surface area contributed by atoms with Crippen molar-refractivity contribution in [1.82, 2.24) is 4.31 Å². The Kier molecular flexibility index (Phi) is 6.07. The fourth-order valence-electron chi connectivity index (χ4n) is 1.95. The van der Waals surface area contributed by atoms with E-state index in [0.717, 1.165) is 4.31 Å². The monoisotopic (exact) mass is 329 g/mol. The van der Waals surface area contributed by atoms with E-state index >= 15 is 0 Å². The summed E-state index contributed by atoms with van der Waals surface area (Å²) < 4.78 is 30.8. The molecule has 1 aromatic rings. The Morgan fingerprint density at radius 1 is 1.32 bits per heavy atom. The van der Waals surface area contributed by atoms with Crippen molar-refractivity contribution in [2.45, 2.75) is 25.2 Å². The van der Waals surface area contributed by atoms with Gasteiger partial charge in [0.1, 0.15) is 6.54 Å². The molecule has 0 spiro atoms. The van der Waals surface area contributed by atoms with Crippen LogP contribution in [0.3, 0.4) is 0 Å². The lowest BCUT2D eigenvalue weighted by Crippen LogP contribution is -2.36. The topological polar surface area (TPSA) is 101 Å². The van der Waals surface area contributed by atoms with Crippen LogP contribution < -0.4 is 0 Å². The van der Waals surface area contributed by atoms with E-state index in [2.05, 4.69) is 4.74 Å². The van der Waals surface area contributed by atoms with Gasteiger partial charge < -0.3 is 9.84 Å². The molecule has 0 heterocycles. The average molecular weight is 329 g/mol. The largest absolute Gasteiger partial charge is 0.480 e. The minimum absolute atomic E-state index is 0.0799. The van der Waals surface area contributed by atoms with Gasteiger partial charge in [-0.15, -0.1) is 0 Å². The van der Waals surface area contributed by atoms with Crippen molar-refractivity contribution in [2.75, 3.05) is 20.2 Å². The molecule has 0 aromatic heterocycles. The van der Waals surface area contributed by atoms with Crippen molar-refractivity contribution in [3.63, 3.8) is 0 Å². The normalized spacial score (nSPS) is 11.5. The predicted octanol–water partition coefficient (Wildman–Crippen LogP) is 1.27. The van der Waals surface area contributed by atoms with Crippen LogP contribution in [0.1, 0.15) is 29.3 Å². The van der Waals surface area contributed by atoms with Gasteiger partial charge in [-0.3, -0.25) is 4.79 Å². The van der Waals surface area contributed by atoms with Crippen molar-refractivity contribution in [3.8, 4) is 0 Å². The first-order chi connectivity index (χ1) is 10.2. The van der Waals surface area contributed by atoms with Gasteiger partial charge in [0.15, 0.2) is 0 Å². The number of hydrogen-bond donors (Lipinski definition) is 1. The third-order valence-electron chi connectivity index (χ3n) is 3.01. The second-order valence-electron chi connectivity index (χ2n) is 4.70. The number of ether oxygens (including phenoxy) is 1. The number of esters is 1. The Bertz CT molecular complexity index is 668. The summed E-state index contributed by atoms with van der Waals surface area (Å²) >= 11 is 0. The SMILES string of the molecule is CCCN(CC(=O)O)S(=O)(=O)c1cc(C(=O)OC)ccc1C. The third-order valence-corrected chi connectivity index (χ3v) is 5.00. The number of carbonyl (C=O) groups excluding carboxylic acids is 1. The number of aliphatic carboxylic acids is 1. The minimum Gasteiger partial charge on any atom is -0.480 e. The number of methoxy groups -OCH3 is 1. The maximum absolute atomic E-state index is 12.7. The predicted molar refractivity (Wildman–Crippen MR) is 79.2 cm³/mol. The highest BCUT2D eigenvalue weighted by Gasteiger charge is 2.28. The van der Waals surface area contributed by atoms with E-state index in [1.165, 1.54) is 25.3 Å². The smallest absolute Gasteiger partial charge is 0.337 e. The van der Waals surface area contributed by atoms with Crippen molar-refractivity contribution < 1.29 is 27.9 Å². The number of carboxylic acid groups (broad SMARTS) is 1. The molecule has 0 saturated carbocycles. The van der Waals surface area contributed by atoms with Gasteiger partial charge in [-0.05, 0) is 31.0 Å². The Labute approximate surface area is 129 Å². The molecule has 0 aliphatic rings. The molecule has 0 aliphatic carbocycles. The Balaban J connectivity index is 3.35. The molecule has 0 fully saturated rings.